The Bertz CT molecular complexity index is 641. The van der Waals surface area contributed by atoms with E-state index in [2.05, 4.69) is 15.0 Å². The molecule has 0 aliphatic carbocycles. The summed E-state index contributed by atoms with van der Waals surface area (Å²) in [6.07, 6.45) is 0. The van der Waals surface area contributed by atoms with Crippen molar-refractivity contribution >= 4 is 17.6 Å². The third kappa shape index (κ3) is 3.17. The summed E-state index contributed by atoms with van der Waals surface area (Å²) in [5, 5.41) is 2.55. The minimum Gasteiger partial charge on any atom is -0.465 e. The second-order valence-electron chi connectivity index (χ2n) is 3.87. The molecule has 0 aliphatic rings. The summed E-state index contributed by atoms with van der Waals surface area (Å²) in [6.45, 7) is 0. The fourth-order valence-corrected chi connectivity index (χ4v) is 1.54. The lowest BCUT2D eigenvalue weighted by Crippen LogP contribution is -2.14. The van der Waals surface area contributed by atoms with Crippen LogP contribution in [-0.4, -0.2) is 24.0 Å². The van der Waals surface area contributed by atoms with Crippen LogP contribution in [0.3, 0.4) is 0 Å². The lowest BCUT2D eigenvalue weighted by atomic mass is 10.2. The number of aromatic nitrogens is 1. The number of hydrogen-bond donors (Lipinski definition) is 1. The van der Waals surface area contributed by atoms with E-state index in [9.17, 15) is 14.0 Å². The standard InChI is InChI=1S/C14H11FN2O3/c1-20-14(19)9-5-7-10(8-6-9)16-13(18)11-3-2-4-12(15)17-11/h2-8H,1H3,(H,16,18). The van der Waals surface area contributed by atoms with Gasteiger partial charge in [-0.3, -0.25) is 4.79 Å². The normalized spacial score (nSPS) is 9.90. The van der Waals surface area contributed by atoms with Crippen LogP contribution in [0.25, 0.3) is 0 Å². The van der Waals surface area contributed by atoms with Crippen LogP contribution in [0.2, 0.25) is 0 Å². The molecule has 1 N–H and O–H groups in total. The first-order valence-corrected chi connectivity index (χ1v) is 5.72. The van der Waals surface area contributed by atoms with Crippen LogP contribution in [0.5, 0.6) is 0 Å². The van der Waals surface area contributed by atoms with Gasteiger partial charge in [0.25, 0.3) is 5.91 Å². The van der Waals surface area contributed by atoms with E-state index in [4.69, 9.17) is 0 Å². The van der Waals surface area contributed by atoms with Crippen LogP contribution in [0.4, 0.5) is 10.1 Å². The molecule has 102 valence electrons. The first kappa shape index (κ1) is 13.7. The summed E-state index contributed by atoms with van der Waals surface area (Å²) in [6, 6.07) is 10.1. The van der Waals surface area contributed by atoms with Crippen molar-refractivity contribution < 1.29 is 18.7 Å². The van der Waals surface area contributed by atoms with Crippen LogP contribution in [0.1, 0.15) is 20.8 Å². The van der Waals surface area contributed by atoms with Crippen LogP contribution in [0.15, 0.2) is 42.5 Å². The molecule has 20 heavy (non-hydrogen) atoms. The van der Waals surface area contributed by atoms with Crippen molar-refractivity contribution in [3.05, 3.63) is 59.7 Å². The second-order valence-corrected chi connectivity index (χ2v) is 3.87. The van der Waals surface area contributed by atoms with E-state index in [1.54, 1.807) is 12.1 Å². The Kier molecular flexibility index (Phi) is 4.05. The summed E-state index contributed by atoms with van der Waals surface area (Å²) in [4.78, 5) is 26.5. The smallest absolute Gasteiger partial charge is 0.337 e. The molecule has 0 spiro atoms. The van der Waals surface area contributed by atoms with Gasteiger partial charge in [0.05, 0.1) is 12.7 Å². The van der Waals surface area contributed by atoms with E-state index in [0.29, 0.717) is 11.3 Å². The number of halogens is 1. The summed E-state index contributed by atoms with van der Waals surface area (Å²) in [5.74, 6) is -1.72. The average molecular weight is 274 g/mol. The van der Waals surface area contributed by atoms with E-state index >= 15 is 0 Å². The largest absolute Gasteiger partial charge is 0.465 e. The van der Waals surface area contributed by atoms with Crippen molar-refractivity contribution in [2.24, 2.45) is 0 Å². The Morgan fingerprint density at radius 3 is 2.45 bits per heavy atom. The Morgan fingerprint density at radius 2 is 1.85 bits per heavy atom. The number of hydrogen-bond acceptors (Lipinski definition) is 4. The quantitative estimate of drug-likeness (QED) is 0.688. The number of anilines is 1. The third-order valence-corrected chi connectivity index (χ3v) is 2.51. The number of carbonyl (C=O) groups excluding carboxylic acids is 2. The Morgan fingerprint density at radius 1 is 1.15 bits per heavy atom. The predicted octanol–water partition coefficient (Wildman–Crippen LogP) is 2.26. The highest BCUT2D eigenvalue weighted by molar-refractivity contribution is 6.03. The molecule has 0 unspecified atom stereocenters. The number of methoxy groups -OCH3 is 1. The maximum absolute atomic E-state index is 12.9. The number of esters is 1. The van der Waals surface area contributed by atoms with Crippen molar-refractivity contribution in [1.29, 1.82) is 0 Å². The maximum Gasteiger partial charge on any atom is 0.337 e. The molecule has 6 heteroatoms. The predicted molar refractivity (Wildman–Crippen MR) is 69.9 cm³/mol. The molecule has 2 aromatic rings. The Balaban J connectivity index is 2.10. The fraction of sp³-hybridized carbons (Fsp3) is 0.0714. The fourth-order valence-electron chi connectivity index (χ4n) is 1.54. The minimum atomic E-state index is -0.723. The number of rotatable bonds is 3. The molecule has 1 aromatic heterocycles. The molecule has 0 atom stereocenters. The molecular weight excluding hydrogens is 263 g/mol. The zero-order valence-corrected chi connectivity index (χ0v) is 10.6. The zero-order chi connectivity index (χ0) is 14.5. The van der Waals surface area contributed by atoms with Crippen LogP contribution in [-0.2, 0) is 4.74 Å². The summed E-state index contributed by atoms with van der Waals surface area (Å²) in [7, 11) is 1.29. The maximum atomic E-state index is 12.9. The first-order chi connectivity index (χ1) is 9.60. The number of nitrogens with one attached hydrogen (secondary N) is 1. The topological polar surface area (TPSA) is 68.3 Å². The minimum absolute atomic E-state index is 0.0259. The number of nitrogens with zero attached hydrogens (tertiary/aromatic N) is 1. The lowest BCUT2D eigenvalue weighted by molar-refractivity contribution is 0.0600. The van der Waals surface area contributed by atoms with Crippen molar-refractivity contribution in [3.63, 3.8) is 0 Å². The van der Waals surface area contributed by atoms with E-state index in [0.717, 1.165) is 6.07 Å². The highest BCUT2D eigenvalue weighted by Gasteiger charge is 2.09. The molecule has 0 aliphatic heterocycles. The van der Waals surface area contributed by atoms with Gasteiger partial charge in [-0.15, -0.1) is 0 Å². The van der Waals surface area contributed by atoms with Gasteiger partial charge in [0, 0.05) is 5.69 Å². The van der Waals surface area contributed by atoms with E-state index < -0.39 is 17.8 Å². The van der Waals surface area contributed by atoms with Gasteiger partial charge in [-0.25, -0.2) is 9.78 Å². The van der Waals surface area contributed by atoms with Gasteiger partial charge in [-0.1, -0.05) is 6.07 Å². The molecule has 0 bridgehead atoms. The van der Waals surface area contributed by atoms with Gasteiger partial charge in [0.1, 0.15) is 5.69 Å². The summed E-state index contributed by atoms with van der Waals surface area (Å²) < 4.78 is 17.5. The number of amides is 1. The van der Waals surface area contributed by atoms with Crippen LogP contribution >= 0.6 is 0 Å². The Hall–Kier alpha value is -2.76. The molecular formula is C14H11FN2O3. The SMILES string of the molecule is COC(=O)c1ccc(NC(=O)c2cccc(F)n2)cc1. The number of carbonyl (C=O) groups is 2. The molecule has 1 amide bonds. The Labute approximate surface area is 114 Å². The second kappa shape index (κ2) is 5.92. The monoisotopic (exact) mass is 274 g/mol. The number of ether oxygens (including phenoxy) is 1. The van der Waals surface area contributed by atoms with Gasteiger partial charge in [0.2, 0.25) is 5.95 Å². The highest BCUT2D eigenvalue weighted by Crippen LogP contribution is 2.11. The van der Waals surface area contributed by atoms with Gasteiger partial charge >= 0.3 is 5.97 Å². The van der Waals surface area contributed by atoms with Gasteiger partial charge in [-0.05, 0) is 36.4 Å². The van der Waals surface area contributed by atoms with Crippen molar-refractivity contribution in [2.75, 3.05) is 12.4 Å². The molecule has 0 saturated carbocycles. The molecule has 5 nitrogen and oxygen atoms in total. The van der Waals surface area contributed by atoms with Crippen molar-refractivity contribution in [2.45, 2.75) is 0 Å². The summed E-state index contributed by atoms with van der Waals surface area (Å²) >= 11 is 0. The number of pyridine rings is 1. The van der Waals surface area contributed by atoms with Crippen molar-refractivity contribution in [3.8, 4) is 0 Å². The molecule has 1 heterocycles. The highest BCUT2D eigenvalue weighted by atomic mass is 19.1. The average Bonchev–Trinajstić information content (AvgIpc) is 2.47. The molecule has 2 rings (SSSR count). The molecule has 0 radical (unpaired) electrons. The molecule has 1 aromatic carbocycles. The first-order valence-electron chi connectivity index (χ1n) is 5.72. The van der Waals surface area contributed by atoms with Gasteiger partial charge < -0.3 is 10.1 Å². The third-order valence-electron chi connectivity index (χ3n) is 2.51. The van der Waals surface area contributed by atoms with E-state index in [1.165, 1.54) is 31.4 Å². The van der Waals surface area contributed by atoms with Gasteiger partial charge in [0.15, 0.2) is 0 Å². The zero-order valence-electron chi connectivity index (χ0n) is 10.6. The van der Waals surface area contributed by atoms with Crippen LogP contribution in [0, 0.1) is 5.95 Å². The lowest BCUT2D eigenvalue weighted by Gasteiger charge is -2.05. The molecule has 0 saturated heterocycles. The van der Waals surface area contributed by atoms with Gasteiger partial charge in [-0.2, -0.15) is 4.39 Å². The summed E-state index contributed by atoms with van der Waals surface area (Å²) in [5.41, 5.74) is 0.810. The molecule has 0 fully saturated rings. The number of benzene rings is 1. The van der Waals surface area contributed by atoms with E-state index in [1.807, 2.05) is 0 Å². The van der Waals surface area contributed by atoms with E-state index in [-0.39, 0.29) is 5.69 Å². The van der Waals surface area contributed by atoms with Crippen molar-refractivity contribution in [1.82, 2.24) is 4.98 Å². The van der Waals surface area contributed by atoms with Crippen LogP contribution < -0.4 is 5.32 Å².